The highest BCUT2D eigenvalue weighted by molar-refractivity contribution is 7.80. The number of halogens is 1. The van der Waals surface area contributed by atoms with Crippen molar-refractivity contribution in [2.24, 2.45) is 5.73 Å². The molecule has 2 aromatic carbocycles. The van der Waals surface area contributed by atoms with Crippen LogP contribution in [-0.2, 0) is 0 Å². The Labute approximate surface area is 134 Å². The number of nitrogens with two attached hydrogens (primary N) is 1. The first kappa shape index (κ1) is 14.2. The molecule has 0 fully saturated rings. The van der Waals surface area contributed by atoms with Crippen LogP contribution >= 0.6 is 23.8 Å². The lowest BCUT2D eigenvalue weighted by molar-refractivity contribution is 0.274. The molecule has 0 saturated carbocycles. The van der Waals surface area contributed by atoms with Crippen molar-refractivity contribution >= 4 is 34.5 Å². The first-order valence-electron chi connectivity index (χ1n) is 6.73. The van der Waals surface area contributed by atoms with Crippen LogP contribution in [0.2, 0.25) is 5.02 Å². The lowest BCUT2D eigenvalue weighted by atomic mass is 9.99. The highest BCUT2D eigenvalue weighted by Gasteiger charge is 2.22. The maximum Gasteiger partial charge on any atom is 0.124 e. The summed E-state index contributed by atoms with van der Waals surface area (Å²) in [5, 5.41) is 4.06. The molecule has 0 saturated heterocycles. The van der Waals surface area contributed by atoms with E-state index >= 15 is 0 Å². The van der Waals surface area contributed by atoms with Crippen LogP contribution in [0.1, 0.15) is 23.6 Å². The van der Waals surface area contributed by atoms with Gasteiger partial charge in [0.05, 0.1) is 23.2 Å². The van der Waals surface area contributed by atoms with E-state index in [1.54, 1.807) is 6.07 Å². The van der Waals surface area contributed by atoms with Gasteiger partial charge in [-0.25, -0.2) is 0 Å². The quantitative estimate of drug-likeness (QED) is 0.842. The molecular formula is C16H15ClN2OS. The van der Waals surface area contributed by atoms with Gasteiger partial charge in [0.15, 0.2) is 0 Å². The molecule has 1 aliphatic rings. The summed E-state index contributed by atoms with van der Waals surface area (Å²) in [5.41, 5.74) is 8.48. The standard InChI is InChI=1S/C16H15ClN2OS/c17-11-5-3-6-13(15(11)16(18)21)19-12-8-9-20-14-7-2-1-4-10(12)14/h1-7,12,19H,8-9H2,(H2,18,21). The van der Waals surface area contributed by atoms with Gasteiger partial charge in [0.25, 0.3) is 0 Å². The molecule has 0 bridgehead atoms. The molecule has 1 unspecified atom stereocenters. The topological polar surface area (TPSA) is 47.3 Å². The Kier molecular flexibility index (Phi) is 3.99. The average Bonchev–Trinajstić information content (AvgIpc) is 2.47. The number of ether oxygens (including phenoxy) is 1. The van der Waals surface area contributed by atoms with Crippen LogP contribution in [0.3, 0.4) is 0 Å². The van der Waals surface area contributed by atoms with Gasteiger partial charge < -0.3 is 15.8 Å². The summed E-state index contributed by atoms with van der Waals surface area (Å²) in [6, 6.07) is 13.8. The Balaban J connectivity index is 1.96. The minimum absolute atomic E-state index is 0.154. The van der Waals surface area contributed by atoms with E-state index in [-0.39, 0.29) is 6.04 Å². The average molecular weight is 319 g/mol. The zero-order chi connectivity index (χ0) is 14.8. The molecule has 21 heavy (non-hydrogen) atoms. The number of thiocarbonyl (C=S) groups is 1. The van der Waals surface area contributed by atoms with E-state index in [2.05, 4.69) is 11.4 Å². The van der Waals surface area contributed by atoms with Crippen LogP contribution in [0.15, 0.2) is 42.5 Å². The van der Waals surface area contributed by atoms with E-state index in [0.29, 0.717) is 22.2 Å². The van der Waals surface area contributed by atoms with E-state index in [1.165, 1.54) is 0 Å². The molecule has 1 aliphatic heterocycles. The number of hydrogen-bond acceptors (Lipinski definition) is 3. The highest BCUT2D eigenvalue weighted by atomic mass is 35.5. The third kappa shape index (κ3) is 2.82. The summed E-state index contributed by atoms with van der Waals surface area (Å²) in [6.07, 6.45) is 0.875. The van der Waals surface area contributed by atoms with Crippen LogP contribution in [-0.4, -0.2) is 11.6 Å². The molecule has 108 valence electrons. The van der Waals surface area contributed by atoms with E-state index < -0.39 is 0 Å². The Morgan fingerprint density at radius 1 is 1.24 bits per heavy atom. The number of hydrogen-bond donors (Lipinski definition) is 2. The fraction of sp³-hybridized carbons (Fsp3) is 0.188. The SMILES string of the molecule is NC(=S)c1c(Cl)cccc1NC1CCOc2ccccc21. The van der Waals surface area contributed by atoms with Gasteiger partial charge in [-0.3, -0.25) is 0 Å². The monoisotopic (exact) mass is 318 g/mol. The highest BCUT2D eigenvalue weighted by Crippen LogP contribution is 2.35. The van der Waals surface area contributed by atoms with Crippen LogP contribution in [0.5, 0.6) is 5.75 Å². The minimum atomic E-state index is 0.154. The second kappa shape index (κ2) is 5.92. The fourth-order valence-electron chi connectivity index (χ4n) is 2.57. The molecule has 3 N–H and O–H groups in total. The number of nitrogens with one attached hydrogen (secondary N) is 1. The summed E-state index contributed by atoms with van der Waals surface area (Å²) in [4.78, 5) is 0.295. The fourth-order valence-corrected chi connectivity index (χ4v) is 3.13. The Hall–Kier alpha value is -1.78. The molecule has 3 rings (SSSR count). The van der Waals surface area contributed by atoms with Gasteiger partial charge in [0.1, 0.15) is 10.7 Å². The van der Waals surface area contributed by atoms with Gasteiger partial charge >= 0.3 is 0 Å². The first-order chi connectivity index (χ1) is 10.2. The second-order valence-corrected chi connectivity index (χ2v) is 5.75. The van der Waals surface area contributed by atoms with Crippen molar-refractivity contribution in [3.63, 3.8) is 0 Å². The summed E-state index contributed by atoms with van der Waals surface area (Å²) in [6.45, 7) is 0.678. The molecule has 5 heteroatoms. The summed E-state index contributed by atoms with van der Waals surface area (Å²) >= 11 is 11.3. The third-order valence-electron chi connectivity index (χ3n) is 3.55. The van der Waals surface area contributed by atoms with Crippen LogP contribution in [0.4, 0.5) is 5.69 Å². The lowest BCUT2D eigenvalue weighted by Crippen LogP contribution is -2.22. The van der Waals surface area contributed by atoms with Crippen molar-refractivity contribution in [2.45, 2.75) is 12.5 Å². The molecule has 0 amide bonds. The molecule has 0 aromatic heterocycles. The lowest BCUT2D eigenvalue weighted by Gasteiger charge is -2.28. The molecule has 1 atom stereocenters. The first-order valence-corrected chi connectivity index (χ1v) is 7.52. The number of benzene rings is 2. The number of anilines is 1. The van der Waals surface area contributed by atoms with Gasteiger partial charge in [0.2, 0.25) is 0 Å². The molecule has 2 aromatic rings. The molecule has 0 radical (unpaired) electrons. The number of fused-ring (bicyclic) bond motifs is 1. The van der Waals surface area contributed by atoms with Gasteiger partial charge in [0, 0.05) is 17.7 Å². The Morgan fingerprint density at radius 3 is 2.86 bits per heavy atom. The molecule has 1 heterocycles. The van der Waals surface area contributed by atoms with Gasteiger partial charge in [-0.1, -0.05) is 48.1 Å². The summed E-state index contributed by atoms with van der Waals surface area (Å²) in [5.74, 6) is 0.917. The maximum atomic E-state index is 6.21. The van der Waals surface area contributed by atoms with Crippen LogP contribution < -0.4 is 15.8 Å². The van der Waals surface area contributed by atoms with Crippen molar-refractivity contribution in [1.29, 1.82) is 0 Å². The van der Waals surface area contributed by atoms with Gasteiger partial charge in [-0.2, -0.15) is 0 Å². The third-order valence-corrected chi connectivity index (χ3v) is 4.07. The number of rotatable bonds is 3. The summed E-state index contributed by atoms with van der Waals surface area (Å²) in [7, 11) is 0. The van der Waals surface area contributed by atoms with E-state index in [9.17, 15) is 0 Å². The Morgan fingerprint density at radius 2 is 2.05 bits per heavy atom. The van der Waals surface area contributed by atoms with Crippen molar-refractivity contribution < 1.29 is 4.74 Å². The summed E-state index contributed by atoms with van der Waals surface area (Å²) < 4.78 is 5.68. The normalized spacial score (nSPS) is 16.7. The largest absolute Gasteiger partial charge is 0.493 e. The molecule has 0 spiro atoms. The smallest absolute Gasteiger partial charge is 0.124 e. The Bertz CT molecular complexity index is 690. The molecular weight excluding hydrogens is 304 g/mol. The van der Waals surface area contributed by atoms with Gasteiger partial charge in [-0.15, -0.1) is 0 Å². The number of para-hydroxylation sites is 1. The van der Waals surface area contributed by atoms with Crippen molar-refractivity contribution in [1.82, 2.24) is 0 Å². The van der Waals surface area contributed by atoms with E-state index in [4.69, 9.17) is 34.3 Å². The van der Waals surface area contributed by atoms with Crippen molar-refractivity contribution in [2.75, 3.05) is 11.9 Å². The van der Waals surface area contributed by atoms with Crippen LogP contribution in [0, 0.1) is 0 Å². The van der Waals surface area contributed by atoms with Crippen LogP contribution in [0.25, 0.3) is 0 Å². The zero-order valence-electron chi connectivity index (χ0n) is 11.3. The zero-order valence-corrected chi connectivity index (χ0v) is 12.9. The van der Waals surface area contributed by atoms with Gasteiger partial charge in [-0.05, 0) is 18.2 Å². The van der Waals surface area contributed by atoms with E-state index in [1.807, 2.05) is 30.3 Å². The predicted octanol–water partition coefficient (Wildman–Crippen LogP) is 3.91. The maximum absolute atomic E-state index is 6.21. The second-order valence-electron chi connectivity index (χ2n) is 4.90. The molecule has 0 aliphatic carbocycles. The minimum Gasteiger partial charge on any atom is -0.493 e. The van der Waals surface area contributed by atoms with E-state index in [0.717, 1.165) is 23.4 Å². The van der Waals surface area contributed by atoms with Crippen molar-refractivity contribution in [3.8, 4) is 5.75 Å². The predicted molar refractivity (Wildman–Crippen MR) is 90.3 cm³/mol. The van der Waals surface area contributed by atoms with Crippen molar-refractivity contribution in [3.05, 3.63) is 58.6 Å². The molecule has 3 nitrogen and oxygen atoms in total.